The van der Waals surface area contributed by atoms with Crippen LogP contribution in [-0.4, -0.2) is 55.8 Å². The fourth-order valence-corrected chi connectivity index (χ4v) is 3.20. The van der Waals surface area contributed by atoms with Gasteiger partial charge in [-0.25, -0.2) is 0 Å². The van der Waals surface area contributed by atoms with Crippen molar-refractivity contribution in [3.05, 3.63) is 34.3 Å². The van der Waals surface area contributed by atoms with Crippen LogP contribution in [0.5, 0.6) is 0 Å². The number of hydrogen-bond acceptors (Lipinski definition) is 4. The van der Waals surface area contributed by atoms with Crippen molar-refractivity contribution >= 4 is 21.8 Å². The van der Waals surface area contributed by atoms with Crippen molar-refractivity contribution in [2.45, 2.75) is 25.2 Å². The van der Waals surface area contributed by atoms with Gasteiger partial charge in [-0.05, 0) is 24.6 Å². The lowest BCUT2D eigenvalue weighted by molar-refractivity contribution is -0.147. The zero-order valence-corrected chi connectivity index (χ0v) is 14.2. The van der Waals surface area contributed by atoms with E-state index in [9.17, 15) is 4.79 Å². The first-order valence-corrected chi connectivity index (χ1v) is 8.45. The molecule has 3 atom stereocenters. The van der Waals surface area contributed by atoms with Gasteiger partial charge in [-0.1, -0.05) is 28.1 Å². The summed E-state index contributed by atoms with van der Waals surface area (Å²) in [4.78, 5) is 14.6. The highest BCUT2D eigenvalue weighted by Gasteiger charge is 2.34. The van der Waals surface area contributed by atoms with E-state index in [2.05, 4.69) is 21.2 Å². The molecule has 2 aliphatic heterocycles. The van der Waals surface area contributed by atoms with Crippen LogP contribution in [-0.2, 0) is 14.3 Å². The van der Waals surface area contributed by atoms with Crippen LogP contribution in [0.4, 0.5) is 0 Å². The van der Waals surface area contributed by atoms with Gasteiger partial charge < -0.3 is 19.7 Å². The fourth-order valence-electron chi connectivity index (χ4n) is 2.93. The Labute approximate surface area is 139 Å². The van der Waals surface area contributed by atoms with Crippen molar-refractivity contribution in [3.8, 4) is 0 Å². The van der Waals surface area contributed by atoms with Crippen LogP contribution < -0.4 is 5.32 Å². The number of morpholine rings is 2. The fraction of sp³-hybridized carbons (Fsp3) is 0.562. The summed E-state index contributed by atoms with van der Waals surface area (Å²) in [5, 5.41) is 3.26. The molecule has 0 saturated carbocycles. The van der Waals surface area contributed by atoms with E-state index in [4.69, 9.17) is 9.47 Å². The SMILES string of the molecule is C[C@H]1OCCN[C@@H]1C(=O)N1CCOC(c2ccc(Br)cc2)C1. The molecule has 1 aromatic rings. The molecule has 0 spiro atoms. The Morgan fingerprint density at radius 2 is 2.05 bits per heavy atom. The van der Waals surface area contributed by atoms with Gasteiger partial charge in [-0.3, -0.25) is 4.79 Å². The predicted molar refractivity (Wildman–Crippen MR) is 86.6 cm³/mol. The Balaban J connectivity index is 1.67. The summed E-state index contributed by atoms with van der Waals surface area (Å²) in [5.41, 5.74) is 1.10. The van der Waals surface area contributed by atoms with Gasteiger partial charge in [-0.2, -0.15) is 0 Å². The third kappa shape index (κ3) is 3.51. The first-order chi connectivity index (χ1) is 10.6. The zero-order valence-electron chi connectivity index (χ0n) is 12.6. The summed E-state index contributed by atoms with van der Waals surface area (Å²) in [5.74, 6) is 0.109. The van der Waals surface area contributed by atoms with Crippen LogP contribution in [0.15, 0.2) is 28.7 Å². The van der Waals surface area contributed by atoms with Crippen LogP contribution in [0, 0.1) is 0 Å². The normalized spacial score (nSPS) is 29.4. The van der Waals surface area contributed by atoms with E-state index in [-0.39, 0.29) is 24.2 Å². The number of carbonyl (C=O) groups is 1. The van der Waals surface area contributed by atoms with E-state index in [1.807, 2.05) is 36.1 Å². The summed E-state index contributed by atoms with van der Waals surface area (Å²) in [6.45, 7) is 5.12. The van der Waals surface area contributed by atoms with Crippen LogP contribution in [0.25, 0.3) is 0 Å². The minimum absolute atomic E-state index is 0.0642. The highest BCUT2D eigenvalue weighted by atomic mass is 79.9. The van der Waals surface area contributed by atoms with Crippen LogP contribution in [0.2, 0.25) is 0 Å². The first kappa shape index (κ1) is 15.9. The molecule has 0 radical (unpaired) electrons. The molecule has 2 heterocycles. The minimum atomic E-state index is -0.252. The maximum Gasteiger partial charge on any atom is 0.242 e. The maximum atomic E-state index is 12.7. The summed E-state index contributed by atoms with van der Waals surface area (Å²) in [7, 11) is 0. The lowest BCUT2D eigenvalue weighted by atomic mass is 10.1. The van der Waals surface area contributed by atoms with Gasteiger partial charge in [0.2, 0.25) is 5.91 Å². The average Bonchev–Trinajstić information content (AvgIpc) is 2.55. The Kier molecular flexibility index (Phi) is 5.13. The second-order valence-electron chi connectivity index (χ2n) is 5.70. The summed E-state index contributed by atoms with van der Waals surface area (Å²) in [6, 6.07) is 7.81. The van der Waals surface area contributed by atoms with E-state index in [0.717, 1.165) is 16.6 Å². The van der Waals surface area contributed by atoms with E-state index < -0.39 is 0 Å². The topological polar surface area (TPSA) is 50.8 Å². The molecule has 22 heavy (non-hydrogen) atoms. The van der Waals surface area contributed by atoms with Gasteiger partial charge in [-0.15, -0.1) is 0 Å². The molecule has 2 saturated heterocycles. The van der Waals surface area contributed by atoms with Gasteiger partial charge in [0.1, 0.15) is 12.1 Å². The highest BCUT2D eigenvalue weighted by Crippen LogP contribution is 2.24. The van der Waals surface area contributed by atoms with Gasteiger partial charge in [0.25, 0.3) is 0 Å². The molecule has 1 amide bonds. The Morgan fingerprint density at radius 3 is 2.77 bits per heavy atom. The highest BCUT2D eigenvalue weighted by molar-refractivity contribution is 9.10. The summed E-state index contributed by atoms with van der Waals surface area (Å²) < 4.78 is 12.5. The molecule has 3 rings (SSSR count). The first-order valence-electron chi connectivity index (χ1n) is 7.66. The second-order valence-corrected chi connectivity index (χ2v) is 6.62. The van der Waals surface area contributed by atoms with Crippen LogP contribution >= 0.6 is 15.9 Å². The lowest BCUT2D eigenvalue weighted by Gasteiger charge is -2.38. The predicted octanol–water partition coefficient (Wildman–Crippen LogP) is 1.73. The van der Waals surface area contributed by atoms with E-state index >= 15 is 0 Å². The number of nitrogens with zero attached hydrogens (tertiary/aromatic N) is 1. The zero-order chi connectivity index (χ0) is 15.5. The maximum absolute atomic E-state index is 12.7. The van der Waals surface area contributed by atoms with Crippen molar-refractivity contribution in [2.75, 3.05) is 32.8 Å². The molecule has 0 aliphatic carbocycles. The number of rotatable bonds is 2. The number of benzene rings is 1. The van der Waals surface area contributed by atoms with Crippen molar-refractivity contribution < 1.29 is 14.3 Å². The lowest BCUT2D eigenvalue weighted by Crippen LogP contribution is -2.58. The molecule has 0 aromatic heterocycles. The number of ether oxygens (including phenoxy) is 2. The Hall–Kier alpha value is -0.950. The molecule has 6 heteroatoms. The molecular weight excluding hydrogens is 348 g/mol. The quantitative estimate of drug-likeness (QED) is 0.863. The molecule has 5 nitrogen and oxygen atoms in total. The molecule has 1 N–H and O–H groups in total. The van der Waals surface area contributed by atoms with Crippen LogP contribution in [0.1, 0.15) is 18.6 Å². The average molecular weight is 369 g/mol. The van der Waals surface area contributed by atoms with Gasteiger partial charge >= 0.3 is 0 Å². The van der Waals surface area contributed by atoms with Crippen molar-refractivity contribution in [2.24, 2.45) is 0 Å². The van der Waals surface area contributed by atoms with Gasteiger partial charge in [0, 0.05) is 17.6 Å². The number of amides is 1. The van der Waals surface area contributed by atoms with E-state index in [0.29, 0.717) is 26.3 Å². The van der Waals surface area contributed by atoms with Gasteiger partial charge in [0.15, 0.2) is 0 Å². The summed E-state index contributed by atoms with van der Waals surface area (Å²) >= 11 is 3.44. The molecule has 1 aromatic carbocycles. The number of hydrogen-bond donors (Lipinski definition) is 1. The van der Waals surface area contributed by atoms with E-state index in [1.54, 1.807) is 0 Å². The molecule has 120 valence electrons. The number of nitrogens with one attached hydrogen (secondary N) is 1. The Bertz CT molecular complexity index is 523. The third-order valence-electron chi connectivity index (χ3n) is 4.20. The van der Waals surface area contributed by atoms with Crippen LogP contribution in [0.3, 0.4) is 0 Å². The van der Waals surface area contributed by atoms with Gasteiger partial charge in [0.05, 0.1) is 25.9 Å². The van der Waals surface area contributed by atoms with E-state index in [1.165, 1.54) is 0 Å². The van der Waals surface area contributed by atoms with Crippen molar-refractivity contribution in [1.82, 2.24) is 10.2 Å². The van der Waals surface area contributed by atoms with Crippen molar-refractivity contribution in [1.29, 1.82) is 0 Å². The number of halogens is 1. The molecule has 2 fully saturated rings. The van der Waals surface area contributed by atoms with Crippen molar-refractivity contribution in [3.63, 3.8) is 0 Å². The second kappa shape index (κ2) is 7.08. The monoisotopic (exact) mass is 368 g/mol. The minimum Gasteiger partial charge on any atom is -0.375 e. The summed E-state index contributed by atoms with van der Waals surface area (Å²) in [6.07, 6.45) is -0.152. The largest absolute Gasteiger partial charge is 0.375 e. The number of carbonyl (C=O) groups excluding carboxylic acids is 1. The third-order valence-corrected chi connectivity index (χ3v) is 4.73. The molecule has 0 bridgehead atoms. The standard InChI is InChI=1S/C16H21BrN2O3/c1-11-15(18-6-8-21-11)16(20)19-7-9-22-14(10-19)12-2-4-13(17)5-3-12/h2-5,11,14-15,18H,6-10H2,1H3/t11-,14?,15+/m1/s1. The molecule has 2 aliphatic rings. The molecule has 1 unspecified atom stereocenters. The molecular formula is C16H21BrN2O3. The Morgan fingerprint density at radius 1 is 1.27 bits per heavy atom. The smallest absolute Gasteiger partial charge is 0.242 e.